The van der Waals surface area contributed by atoms with E-state index in [9.17, 15) is 17.6 Å². The van der Waals surface area contributed by atoms with Crippen molar-refractivity contribution in [3.05, 3.63) is 84.7 Å². The minimum absolute atomic E-state index is 0.0373. The maximum Gasteiger partial charge on any atom is 0.240 e. The SMILES string of the molecule is O=C(CCNS(=O)(=O)c1ccc(F)cc1)Nc1ccc(Nc2ccccc2)cc1. The Morgan fingerprint density at radius 2 is 1.38 bits per heavy atom. The van der Waals surface area contributed by atoms with Crippen LogP contribution >= 0.6 is 0 Å². The molecule has 6 nitrogen and oxygen atoms in total. The topological polar surface area (TPSA) is 87.3 Å². The molecule has 0 aliphatic heterocycles. The zero-order valence-electron chi connectivity index (χ0n) is 15.4. The molecule has 1 amide bonds. The zero-order chi connectivity index (χ0) is 20.7. The van der Waals surface area contributed by atoms with Gasteiger partial charge in [-0.3, -0.25) is 4.79 Å². The molecule has 3 aromatic carbocycles. The Balaban J connectivity index is 1.47. The third-order valence-corrected chi connectivity index (χ3v) is 5.48. The van der Waals surface area contributed by atoms with Crippen LogP contribution in [0.2, 0.25) is 0 Å². The van der Waals surface area contributed by atoms with Gasteiger partial charge in [-0.1, -0.05) is 18.2 Å². The Labute approximate surface area is 168 Å². The molecule has 0 fully saturated rings. The van der Waals surface area contributed by atoms with E-state index in [1.165, 1.54) is 12.1 Å². The van der Waals surface area contributed by atoms with Crippen LogP contribution in [0, 0.1) is 5.82 Å². The summed E-state index contributed by atoms with van der Waals surface area (Å²) in [5.74, 6) is -0.844. The number of hydrogen-bond donors (Lipinski definition) is 3. The summed E-state index contributed by atoms with van der Waals surface area (Å²) < 4.78 is 39.4. The second-order valence-corrected chi connectivity index (χ2v) is 7.99. The van der Waals surface area contributed by atoms with Gasteiger partial charge in [0.05, 0.1) is 4.90 Å². The Kier molecular flexibility index (Phi) is 6.58. The monoisotopic (exact) mass is 413 g/mol. The molecular weight excluding hydrogens is 393 g/mol. The van der Waals surface area contributed by atoms with Crippen LogP contribution in [0.15, 0.2) is 83.8 Å². The first-order valence-electron chi connectivity index (χ1n) is 8.90. The molecule has 0 saturated carbocycles. The normalized spacial score (nSPS) is 11.1. The summed E-state index contributed by atoms with van der Waals surface area (Å²) in [5.41, 5.74) is 2.44. The van der Waals surface area contributed by atoms with E-state index in [4.69, 9.17) is 0 Å². The Morgan fingerprint density at radius 3 is 2.03 bits per heavy atom. The van der Waals surface area contributed by atoms with Crippen molar-refractivity contribution in [2.24, 2.45) is 0 Å². The number of carbonyl (C=O) groups is 1. The first kappa shape index (κ1) is 20.5. The van der Waals surface area contributed by atoms with E-state index in [1.54, 1.807) is 12.1 Å². The smallest absolute Gasteiger partial charge is 0.240 e. The van der Waals surface area contributed by atoms with Crippen molar-refractivity contribution >= 4 is 33.0 Å². The number of benzene rings is 3. The molecule has 0 aliphatic rings. The fourth-order valence-electron chi connectivity index (χ4n) is 2.54. The fraction of sp³-hybridized carbons (Fsp3) is 0.0952. The summed E-state index contributed by atoms with van der Waals surface area (Å²) in [6.45, 7) is -0.0702. The highest BCUT2D eigenvalue weighted by Gasteiger charge is 2.14. The predicted molar refractivity (Wildman–Crippen MR) is 111 cm³/mol. The quantitative estimate of drug-likeness (QED) is 0.523. The Morgan fingerprint density at radius 1 is 0.793 bits per heavy atom. The first-order valence-corrected chi connectivity index (χ1v) is 10.4. The van der Waals surface area contributed by atoms with Crippen LogP contribution in [0.4, 0.5) is 21.5 Å². The average Bonchev–Trinajstić information content (AvgIpc) is 2.70. The van der Waals surface area contributed by atoms with Crippen molar-refractivity contribution in [2.75, 3.05) is 17.2 Å². The van der Waals surface area contributed by atoms with Gasteiger partial charge in [0, 0.05) is 30.0 Å². The summed E-state index contributed by atoms with van der Waals surface area (Å²) >= 11 is 0. The Bertz CT molecular complexity index is 1050. The minimum atomic E-state index is -3.79. The lowest BCUT2D eigenvalue weighted by Crippen LogP contribution is -2.27. The molecule has 3 N–H and O–H groups in total. The molecule has 0 aliphatic carbocycles. The van der Waals surface area contributed by atoms with Gasteiger partial charge in [0.1, 0.15) is 5.82 Å². The molecule has 0 saturated heterocycles. The van der Waals surface area contributed by atoms with E-state index in [0.29, 0.717) is 5.69 Å². The van der Waals surface area contributed by atoms with Crippen molar-refractivity contribution in [3.8, 4) is 0 Å². The van der Waals surface area contributed by atoms with Gasteiger partial charge in [-0.05, 0) is 60.7 Å². The van der Waals surface area contributed by atoms with Crippen LogP contribution in [0.25, 0.3) is 0 Å². The second-order valence-electron chi connectivity index (χ2n) is 6.22. The molecule has 29 heavy (non-hydrogen) atoms. The van der Waals surface area contributed by atoms with E-state index in [-0.39, 0.29) is 23.8 Å². The largest absolute Gasteiger partial charge is 0.356 e. The lowest BCUT2D eigenvalue weighted by Gasteiger charge is -2.09. The van der Waals surface area contributed by atoms with Gasteiger partial charge in [0.2, 0.25) is 15.9 Å². The van der Waals surface area contributed by atoms with E-state index < -0.39 is 15.8 Å². The van der Waals surface area contributed by atoms with Gasteiger partial charge in [0.15, 0.2) is 0 Å². The number of sulfonamides is 1. The number of para-hydroxylation sites is 1. The molecule has 0 atom stereocenters. The van der Waals surface area contributed by atoms with Crippen LogP contribution in [0.3, 0.4) is 0 Å². The Hall–Kier alpha value is -3.23. The average molecular weight is 413 g/mol. The van der Waals surface area contributed by atoms with Crippen molar-refractivity contribution in [1.29, 1.82) is 0 Å². The molecule has 0 heterocycles. The maximum atomic E-state index is 12.9. The second kappa shape index (κ2) is 9.31. The molecule has 0 spiro atoms. The molecule has 3 rings (SSSR count). The summed E-state index contributed by atoms with van der Waals surface area (Å²) in [7, 11) is -3.79. The third-order valence-electron chi connectivity index (χ3n) is 4.00. The lowest BCUT2D eigenvalue weighted by molar-refractivity contribution is -0.116. The zero-order valence-corrected chi connectivity index (χ0v) is 16.2. The van der Waals surface area contributed by atoms with E-state index in [0.717, 1.165) is 23.5 Å². The van der Waals surface area contributed by atoms with Crippen LogP contribution < -0.4 is 15.4 Å². The highest BCUT2D eigenvalue weighted by atomic mass is 32.2. The van der Waals surface area contributed by atoms with E-state index in [2.05, 4.69) is 15.4 Å². The molecule has 150 valence electrons. The molecule has 3 aromatic rings. The predicted octanol–water partition coefficient (Wildman–Crippen LogP) is 3.88. The summed E-state index contributed by atoms with van der Waals surface area (Å²) in [6.07, 6.45) is -0.0373. The molecule has 8 heteroatoms. The van der Waals surface area contributed by atoms with Gasteiger partial charge >= 0.3 is 0 Å². The first-order chi connectivity index (χ1) is 13.9. The number of hydrogen-bond acceptors (Lipinski definition) is 4. The number of rotatable bonds is 8. The van der Waals surface area contributed by atoms with Crippen LogP contribution in [-0.2, 0) is 14.8 Å². The molecule has 0 unspecified atom stereocenters. The summed E-state index contributed by atoms with van der Waals surface area (Å²) in [6, 6.07) is 21.3. The van der Waals surface area contributed by atoms with Crippen LogP contribution in [-0.4, -0.2) is 20.9 Å². The van der Waals surface area contributed by atoms with Crippen molar-refractivity contribution in [1.82, 2.24) is 4.72 Å². The fourth-order valence-corrected chi connectivity index (χ4v) is 3.58. The highest BCUT2D eigenvalue weighted by molar-refractivity contribution is 7.89. The summed E-state index contributed by atoms with van der Waals surface area (Å²) in [5, 5.41) is 5.96. The van der Waals surface area contributed by atoms with Gasteiger partial charge in [0.25, 0.3) is 0 Å². The number of halogens is 1. The minimum Gasteiger partial charge on any atom is -0.356 e. The van der Waals surface area contributed by atoms with Gasteiger partial charge < -0.3 is 10.6 Å². The van der Waals surface area contributed by atoms with Gasteiger partial charge in [-0.2, -0.15) is 0 Å². The number of amides is 1. The van der Waals surface area contributed by atoms with Crippen LogP contribution in [0.1, 0.15) is 6.42 Å². The van der Waals surface area contributed by atoms with Gasteiger partial charge in [-0.25, -0.2) is 17.5 Å². The number of carbonyl (C=O) groups excluding carboxylic acids is 1. The van der Waals surface area contributed by atoms with Crippen molar-refractivity contribution in [2.45, 2.75) is 11.3 Å². The molecular formula is C21H20FN3O3S. The third kappa shape index (κ3) is 6.13. The van der Waals surface area contributed by atoms with E-state index in [1.807, 2.05) is 42.5 Å². The standard InChI is InChI=1S/C21H20FN3O3S/c22-16-6-12-20(13-7-16)29(27,28)23-15-14-21(26)25-19-10-8-18(9-11-19)24-17-4-2-1-3-5-17/h1-13,23-24H,14-15H2,(H,25,26). The number of anilines is 3. The molecule has 0 aromatic heterocycles. The van der Waals surface area contributed by atoms with Gasteiger partial charge in [-0.15, -0.1) is 0 Å². The maximum absolute atomic E-state index is 12.9. The highest BCUT2D eigenvalue weighted by Crippen LogP contribution is 2.18. The molecule has 0 radical (unpaired) electrons. The summed E-state index contributed by atoms with van der Waals surface area (Å²) in [4.78, 5) is 12.0. The molecule has 0 bridgehead atoms. The van der Waals surface area contributed by atoms with Crippen LogP contribution in [0.5, 0.6) is 0 Å². The van der Waals surface area contributed by atoms with E-state index >= 15 is 0 Å². The lowest BCUT2D eigenvalue weighted by atomic mass is 10.2. The number of nitrogens with one attached hydrogen (secondary N) is 3. The van der Waals surface area contributed by atoms with Crippen molar-refractivity contribution in [3.63, 3.8) is 0 Å². The van der Waals surface area contributed by atoms with Crippen molar-refractivity contribution < 1.29 is 17.6 Å².